The van der Waals surface area contributed by atoms with Crippen LogP contribution in [0.2, 0.25) is 0 Å². The van der Waals surface area contributed by atoms with E-state index in [9.17, 15) is 5.11 Å². The average Bonchev–Trinajstić information content (AvgIpc) is 2.31. The molecule has 0 spiro atoms. The molecule has 2 heteroatoms. The first-order valence-corrected chi connectivity index (χ1v) is 7.84. The summed E-state index contributed by atoms with van der Waals surface area (Å²) < 4.78 is 0. The van der Waals surface area contributed by atoms with Gasteiger partial charge in [-0.25, -0.2) is 0 Å². The molecule has 1 aliphatic carbocycles. The van der Waals surface area contributed by atoms with Gasteiger partial charge in [0.05, 0.1) is 6.10 Å². The molecule has 106 valence electrons. The van der Waals surface area contributed by atoms with Gasteiger partial charge in [-0.15, -0.1) is 0 Å². The van der Waals surface area contributed by atoms with Crippen LogP contribution >= 0.6 is 0 Å². The summed E-state index contributed by atoms with van der Waals surface area (Å²) in [7, 11) is 0. The normalized spacial score (nSPS) is 41.8. The number of aliphatic hydroxyl groups is 1. The monoisotopic (exact) mass is 253 g/mol. The highest BCUT2D eigenvalue weighted by molar-refractivity contribution is 4.91. The van der Waals surface area contributed by atoms with Gasteiger partial charge < -0.3 is 10.0 Å². The zero-order chi connectivity index (χ0) is 13.3. The minimum atomic E-state index is -0.115. The standard InChI is InChI=1S/C16H31NO/c1-12-7-6-10-17(13(12)2)11-14-8-5-9-16(3,4)15(14)18/h12-15,18H,5-11H2,1-4H3. The third-order valence-corrected chi connectivity index (χ3v) is 5.62. The van der Waals surface area contributed by atoms with Crippen LogP contribution in [0, 0.1) is 17.3 Å². The van der Waals surface area contributed by atoms with Crippen molar-refractivity contribution in [3.8, 4) is 0 Å². The maximum atomic E-state index is 10.6. The zero-order valence-electron chi connectivity index (χ0n) is 12.7. The molecule has 1 heterocycles. The van der Waals surface area contributed by atoms with Gasteiger partial charge in [0.1, 0.15) is 0 Å². The van der Waals surface area contributed by atoms with Crippen molar-refractivity contribution in [2.75, 3.05) is 13.1 Å². The van der Waals surface area contributed by atoms with Crippen LogP contribution in [-0.2, 0) is 0 Å². The van der Waals surface area contributed by atoms with Gasteiger partial charge in [0, 0.05) is 12.6 Å². The van der Waals surface area contributed by atoms with E-state index in [1.54, 1.807) is 0 Å². The highest BCUT2D eigenvalue weighted by Gasteiger charge is 2.39. The van der Waals surface area contributed by atoms with E-state index in [0.29, 0.717) is 12.0 Å². The van der Waals surface area contributed by atoms with Gasteiger partial charge in [0.2, 0.25) is 0 Å². The number of rotatable bonds is 2. The minimum Gasteiger partial charge on any atom is -0.392 e. The Hall–Kier alpha value is -0.0800. The lowest BCUT2D eigenvalue weighted by molar-refractivity contribution is -0.0517. The van der Waals surface area contributed by atoms with E-state index >= 15 is 0 Å². The summed E-state index contributed by atoms with van der Waals surface area (Å²) in [5.74, 6) is 1.30. The van der Waals surface area contributed by atoms with Crippen LogP contribution in [-0.4, -0.2) is 35.2 Å². The molecule has 0 bridgehead atoms. The second kappa shape index (κ2) is 5.50. The Labute approximate surface area is 113 Å². The molecule has 0 aromatic carbocycles. The summed E-state index contributed by atoms with van der Waals surface area (Å²) in [5.41, 5.74) is 0.119. The van der Waals surface area contributed by atoms with Crippen molar-refractivity contribution in [2.45, 2.75) is 71.9 Å². The summed E-state index contributed by atoms with van der Waals surface area (Å²) in [4.78, 5) is 2.63. The van der Waals surface area contributed by atoms with E-state index in [2.05, 4.69) is 32.6 Å². The fourth-order valence-electron chi connectivity index (χ4n) is 3.93. The molecule has 0 aromatic rings. The summed E-state index contributed by atoms with van der Waals surface area (Å²) in [6.07, 6.45) is 6.26. The molecule has 2 fully saturated rings. The summed E-state index contributed by atoms with van der Waals surface area (Å²) in [6, 6.07) is 0.691. The molecule has 1 saturated heterocycles. The Morgan fingerprint density at radius 3 is 2.61 bits per heavy atom. The highest BCUT2D eigenvalue weighted by Crippen LogP contribution is 2.39. The third kappa shape index (κ3) is 2.91. The highest BCUT2D eigenvalue weighted by atomic mass is 16.3. The zero-order valence-corrected chi connectivity index (χ0v) is 12.7. The molecule has 4 unspecified atom stereocenters. The van der Waals surface area contributed by atoms with Crippen molar-refractivity contribution in [3.05, 3.63) is 0 Å². The van der Waals surface area contributed by atoms with E-state index in [-0.39, 0.29) is 11.5 Å². The van der Waals surface area contributed by atoms with Gasteiger partial charge in [-0.3, -0.25) is 0 Å². The number of hydrogen-bond donors (Lipinski definition) is 1. The predicted molar refractivity (Wildman–Crippen MR) is 76.6 cm³/mol. The van der Waals surface area contributed by atoms with Crippen LogP contribution in [0.5, 0.6) is 0 Å². The van der Waals surface area contributed by atoms with Crippen molar-refractivity contribution in [1.82, 2.24) is 4.90 Å². The molecule has 1 aliphatic heterocycles. The average molecular weight is 253 g/mol. The van der Waals surface area contributed by atoms with E-state index in [1.807, 2.05) is 0 Å². The van der Waals surface area contributed by atoms with Crippen LogP contribution in [0.4, 0.5) is 0 Å². The topological polar surface area (TPSA) is 23.5 Å². The van der Waals surface area contributed by atoms with Gasteiger partial charge in [-0.2, -0.15) is 0 Å². The van der Waals surface area contributed by atoms with E-state index in [1.165, 1.54) is 38.6 Å². The minimum absolute atomic E-state index is 0.115. The summed E-state index contributed by atoms with van der Waals surface area (Å²) in [5, 5.41) is 10.6. The van der Waals surface area contributed by atoms with E-state index in [4.69, 9.17) is 0 Å². The maximum Gasteiger partial charge on any atom is 0.0631 e. The smallest absolute Gasteiger partial charge is 0.0631 e. The molecule has 0 radical (unpaired) electrons. The largest absolute Gasteiger partial charge is 0.392 e. The fraction of sp³-hybridized carbons (Fsp3) is 1.00. The number of piperidine rings is 1. The lowest BCUT2D eigenvalue weighted by Gasteiger charge is -2.45. The van der Waals surface area contributed by atoms with Crippen LogP contribution in [0.15, 0.2) is 0 Å². The molecule has 2 rings (SSSR count). The van der Waals surface area contributed by atoms with Crippen molar-refractivity contribution >= 4 is 0 Å². The van der Waals surface area contributed by atoms with Crippen molar-refractivity contribution in [1.29, 1.82) is 0 Å². The molecule has 1 N–H and O–H groups in total. The molecular formula is C16H31NO. The second-order valence-electron chi connectivity index (χ2n) is 7.44. The predicted octanol–water partition coefficient (Wildman–Crippen LogP) is 3.29. The summed E-state index contributed by atoms with van der Waals surface area (Å²) >= 11 is 0. The number of likely N-dealkylation sites (tertiary alicyclic amines) is 1. The number of nitrogens with zero attached hydrogens (tertiary/aromatic N) is 1. The van der Waals surface area contributed by atoms with Gasteiger partial charge >= 0.3 is 0 Å². The second-order valence-corrected chi connectivity index (χ2v) is 7.44. The first kappa shape index (κ1) is 14.3. The molecule has 0 amide bonds. The summed E-state index contributed by atoms with van der Waals surface area (Å²) in [6.45, 7) is 11.5. The molecule has 4 atom stereocenters. The Kier molecular flexibility index (Phi) is 4.38. The Balaban J connectivity index is 1.96. The van der Waals surface area contributed by atoms with Gasteiger partial charge in [-0.1, -0.05) is 27.2 Å². The molecule has 0 aromatic heterocycles. The van der Waals surface area contributed by atoms with Crippen molar-refractivity contribution in [2.24, 2.45) is 17.3 Å². The fourth-order valence-corrected chi connectivity index (χ4v) is 3.93. The Morgan fingerprint density at radius 1 is 1.17 bits per heavy atom. The van der Waals surface area contributed by atoms with Gasteiger partial charge in [-0.05, 0) is 56.4 Å². The SMILES string of the molecule is CC1CCCN(CC2CCCC(C)(C)C2O)C1C. The van der Waals surface area contributed by atoms with Crippen LogP contribution in [0.25, 0.3) is 0 Å². The van der Waals surface area contributed by atoms with Gasteiger partial charge in [0.15, 0.2) is 0 Å². The lowest BCUT2D eigenvalue weighted by atomic mass is 9.69. The number of hydrogen-bond acceptors (Lipinski definition) is 2. The molecule has 18 heavy (non-hydrogen) atoms. The first-order chi connectivity index (χ1) is 8.42. The number of aliphatic hydroxyl groups excluding tert-OH is 1. The molecule has 2 nitrogen and oxygen atoms in total. The Morgan fingerprint density at radius 2 is 1.89 bits per heavy atom. The molecular weight excluding hydrogens is 222 g/mol. The van der Waals surface area contributed by atoms with Crippen LogP contribution in [0.1, 0.15) is 59.8 Å². The lowest BCUT2D eigenvalue weighted by Crippen LogP contribution is -2.50. The van der Waals surface area contributed by atoms with Gasteiger partial charge in [0.25, 0.3) is 0 Å². The first-order valence-electron chi connectivity index (χ1n) is 7.84. The molecule has 2 aliphatic rings. The molecule has 1 saturated carbocycles. The quantitative estimate of drug-likeness (QED) is 0.816. The van der Waals surface area contributed by atoms with E-state index < -0.39 is 0 Å². The van der Waals surface area contributed by atoms with Crippen LogP contribution < -0.4 is 0 Å². The van der Waals surface area contributed by atoms with Crippen LogP contribution in [0.3, 0.4) is 0 Å². The van der Waals surface area contributed by atoms with E-state index in [0.717, 1.165) is 12.5 Å². The third-order valence-electron chi connectivity index (χ3n) is 5.62. The van der Waals surface area contributed by atoms with Crippen molar-refractivity contribution in [3.63, 3.8) is 0 Å². The Bertz CT molecular complexity index is 276. The maximum absolute atomic E-state index is 10.6. The van der Waals surface area contributed by atoms with Crippen molar-refractivity contribution < 1.29 is 5.11 Å².